The number of hydrogen-bond donors (Lipinski definition) is 0. The molecule has 0 bridgehead atoms. The average Bonchev–Trinajstić information content (AvgIpc) is 3.59. The van der Waals surface area contributed by atoms with Crippen LogP contribution in [0.3, 0.4) is 0 Å². The van der Waals surface area contributed by atoms with Crippen LogP contribution in [-0.2, 0) is 24.6 Å². The van der Waals surface area contributed by atoms with Crippen LogP contribution in [0, 0.1) is 0 Å². The third kappa shape index (κ3) is 6.12. The summed E-state index contributed by atoms with van der Waals surface area (Å²) in [5.41, 5.74) is 2.69. The van der Waals surface area contributed by atoms with Crippen molar-refractivity contribution >= 4 is 46.9 Å². The van der Waals surface area contributed by atoms with Gasteiger partial charge in [-0.05, 0) is 83.9 Å². The second-order valence-corrected chi connectivity index (χ2v) is 11.2. The smallest absolute Gasteiger partial charge is 0.343 e. The van der Waals surface area contributed by atoms with Crippen LogP contribution in [0.25, 0.3) is 0 Å². The minimum atomic E-state index is -0.587. The number of carbonyl (C=O) groups is 6. The van der Waals surface area contributed by atoms with E-state index in [4.69, 9.17) is 9.47 Å². The van der Waals surface area contributed by atoms with E-state index >= 15 is 0 Å². The lowest BCUT2D eigenvalue weighted by Crippen LogP contribution is -2.29. The summed E-state index contributed by atoms with van der Waals surface area (Å²) in [7, 11) is 0. The van der Waals surface area contributed by atoms with Crippen LogP contribution < -0.4 is 19.3 Å². The van der Waals surface area contributed by atoms with Gasteiger partial charge in [-0.25, -0.2) is 19.4 Å². The summed E-state index contributed by atoms with van der Waals surface area (Å²) in [6, 6.07) is 26.2. The van der Waals surface area contributed by atoms with E-state index in [1.807, 2.05) is 38.1 Å². The van der Waals surface area contributed by atoms with Gasteiger partial charge in [0.2, 0.25) is 0 Å². The molecule has 232 valence electrons. The Hall–Kier alpha value is -6.42. The number of imide groups is 2. The number of nitrogens with zero attached hydrogens (tertiary/aromatic N) is 2. The zero-order valence-electron chi connectivity index (χ0n) is 25.2. The van der Waals surface area contributed by atoms with Crippen molar-refractivity contribution in [1.82, 2.24) is 0 Å². The molecule has 0 saturated heterocycles. The van der Waals surface area contributed by atoms with E-state index in [2.05, 4.69) is 0 Å². The van der Waals surface area contributed by atoms with Gasteiger partial charge in [0.25, 0.3) is 23.6 Å². The molecule has 2 aliphatic heterocycles. The van der Waals surface area contributed by atoms with E-state index < -0.39 is 41.0 Å². The first-order valence-electron chi connectivity index (χ1n) is 14.5. The van der Waals surface area contributed by atoms with Crippen molar-refractivity contribution < 1.29 is 38.2 Å². The van der Waals surface area contributed by atoms with Gasteiger partial charge in [-0.15, -0.1) is 0 Å². The normalized spacial score (nSPS) is 14.3. The lowest BCUT2D eigenvalue weighted by molar-refractivity contribution is -0.121. The summed E-state index contributed by atoms with van der Waals surface area (Å²) in [6.07, 6.45) is 4.76. The van der Waals surface area contributed by atoms with Crippen molar-refractivity contribution in [3.05, 3.63) is 144 Å². The fourth-order valence-corrected chi connectivity index (χ4v) is 5.18. The highest BCUT2D eigenvalue weighted by atomic mass is 16.5. The molecule has 10 nitrogen and oxygen atoms in total. The van der Waals surface area contributed by atoms with Crippen molar-refractivity contribution in [2.45, 2.75) is 19.3 Å². The van der Waals surface area contributed by atoms with Gasteiger partial charge in [0.1, 0.15) is 11.5 Å². The predicted molar refractivity (Wildman–Crippen MR) is 171 cm³/mol. The fourth-order valence-electron chi connectivity index (χ4n) is 5.18. The summed E-state index contributed by atoms with van der Waals surface area (Å²) in [5.74, 6) is -2.25. The zero-order valence-corrected chi connectivity index (χ0v) is 25.2. The number of rotatable bonds is 8. The third-order valence-electron chi connectivity index (χ3n) is 7.91. The Kier molecular flexibility index (Phi) is 7.92. The summed E-state index contributed by atoms with van der Waals surface area (Å²) < 4.78 is 11.1. The van der Waals surface area contributed by atoms with Gasteiger partial charge in [-0.3, -0.25) is 19.2 Å². The topological polar surface area (TPSA) is 127 Å². The number of esters is 2. The summed E-state index contributed by atoms with van der Waals surface area (Å²) in [4.78, 5) is 75.0. The second-order valence-electron chi connectivity index (χ2n) is 11.2. The van der Waals surface area contributed by atoms with E-state index in [1.54, 1.807) is 24.3 Å². The first-order valence-corrected chi connectivity index (χ1v) is 14.5. The molecule has 0 spiro atoms. The highest BCUT2D eigenvalue weighted by Gasteiger charge is 2.27. The Labute approximate surface area is 269 Å². The Bertz CT molecular complexity index is 1810. The second kappa shape index (κ2) is 12.2. The summed E-state index contributed by atoms with van der Waals surface area (Å²) in [5, 5.41) is 0. The van der Waals surface area contributed by atoms with Crippen molar-refractivity contribution in [1.29, 1.82) is 0 Å². The monoisotopic (exact) mass is 626 g/mol. The minimum Gasteiger partial charge on any atom is -0.423 e. The van der Waals surface area contributed by atoms with Crippen molar-refractivity contribution in [3.63, 3.8) is 0 Å². The molecule has 4 aromatic rings. The third-order valence-corrected chi connectivity index (χ3v) is 7.91. The maximum atomic E-state index is 12.7. The Balaban J connectivity index is 1.06. The SMILES string of the molecule is CC(C)(c1ccc(OC(=O)c2ccc(N3C(=O)C=CC3=O)cc2)cc1)c1ccc(OC(=O)c2ccc(N3C(=O)C=CC3=O)cc2)cc1. The molecule has 4 amide bonds. The van der Waals surface area contributed by atoms with E-state index in [0.29, 0.717) is 22.9 Å². The quantitative estimate of drug-likeness (QED) is 0.146. The summed E-state index contributed by atoms with van der Waals surface area (Å²) >= 11 is 0. The van der Waals surface area contributed by atoms with Gasteiger partial charge < -0.3 is 9.47 Å². The molecule has 0 aliphatic carbocycles. The number of amides is 4. The Morgan fingerprint density at radius 1 is 0.468 bits per heavy atom. The van der Waals surface area contributed by atoms with Crippen LogP contribution in [0.1, 0.15) is 45.7 Å². The van der Waals surface area contributed by atoms with Gasteiger partial charge in [0.15, 0.2) is 0 Å². The van der Waals surface area contributed by atoms with Gasteiger partial charge in [-0.1, -0.05) is 38.1 Å². The highest BCUT2D eigenvalue weighted by Crippen LogP contribution is 2.34. The predicted octanol–water partition coefficient (Wildman–Crippen LogP) is 5.31. The van der Waals surface area contributed by atoms with E-state index in [-0.39, 0.29) is 11.1 Å². The molecule has 0 N–H and O–H groups in total. The molecule has 47 heavy (non-hydrogen) atoms. The average molecular weight is 627 g/mol. The standard InChI is InChI=1S/C37H26N2O8/c1-37(2,25-7-15-29(16-8-25)46-35(44)23-3-11-27(12-4-23)38-31(40)19-20-32(38)41)26-9-17-30(18-10-26)47-36(45)24-5-13-28(14-6-24)39-33(42)21-22-34(39)43/h3-22H,1-2H3. The number of hydrogen-bond acceptors (Lipinski definition) is 8. The summed E-state index contributed by atoms with van der Waals surface area (Å²) in [6.45, 7) is 4.07. The van der Waals surface area contributed by atoms with Gasteiger partial charge in [0, 0.05) is 29.7 Å². The number of benzene rings is 4. The fraction of sp³-hybridized carbons (Fsp3) is 0.0811. The van der Waals surface area contributed by atoms with Crippen LogP contribution >= 0.6 is 0 Å². The molecule has 0 aromatic heterocycles. The molecule has 6 rings (SSSR count). The molecule has 0 atom stereocenters. The van der Waals surface area contributed by atoms with Crippen molar-refractivity contribution in [2.24, 2.45) is 0 Å². The van der Waals surface area contributed by atoms with Crippen LogP contribution in [-0.4, -0.2) is 35.6 Å². The molecule has 4 aromatic carbocycles. The Morgan fingerprint density at radius 2 is 0.766 bits per heavy atom. The van der Waals surface area contributed by atoms with Crippen LogP contribution in [0.4, 0.5) is 11.4 Å². The Morgan fingerprint density at radius 3 is 1.06 bits per heavy atom. The number of carbonyl (C=O) groups excluding carboxylic acids is 6. The molecule has 2 heterocycles. The van der Waals surface area contributed by atoms with E-state index in [0.717, 1.165) is 20.9 Å². The maximum absolute atomic E-state index is 12.7. The first kappa shape index (κ1) is 30.6. The lowest BCUT2D eigenvalue weighted by Gasteiger charge is -2.26. The maximum Gasteiger partial charge on any atom is 0.343 e. The van der Waals surface area contributed by atoms with Crippen molar-refractivity contribution in [3.8, 4) is 11.5 Å². The molecule has 0 radical (unpaired) electrons. The van der Waals surface area contributed by atoms with Gasteiger partial charge in [-0.2, -0.15) is 0 Å². The molecule has 10 heteroatoms. The van der Waals surface area contributed by atoms with Crippen molar-refractivity contribution in [2.75, 3.05) is 9.80 Å². The van der Waals surface area contributed by atoms with E-state index in [9.17, 15) is 28.8 Å². The van der Waals surface area contributed by atoms with Crippen LogP contribution in [0.2, 0.25) is 0 Å². The minimum absolute atomic E-state index is 0.260. The first-order chi connectivity index (χ1) is 22.5. The lowest BCUT2D eigenvalue weighted by atomic mass is 9.78. The molecule has 0 saturated carbocycles. The molecule has 2 aliphatic rings. The molecular weight excluding hydrogens is 600 g/mol. The highest BCUT2D eigenvalue weighted by molar-refractivity contribution is 6.28. The van der Waals surface area contributed by atoms with Gasteiger partial charge in [0.05, 0.1) is 22.5 Å². The van der Waals surface area contributed by atoms with Gasteiger partial charge >= 0.3 is 11.9 Å². The molecule has 0 unspecified atom stereocenters. The molecular formula is C37H26N2O8. The van der Waals surface area contributed by atoms with Crippen LogP contribution in [0.5, 0.6) is 11.5 Å². The largest absolute Gasteiger partial charge is 0.423 e. The van der Waals surface area contributed by atoms with E-state index in [1.165, 1.54) is 72.8 Å². The number of anilines is 2. The zero-order chi connectivity index (χ0) is 33.3. The van der Waals surface area contributed by atoms with Crippen LogP contribution in [0.15, 0.2) is 121 Å². The molecule has 0 fully saturated rings. The number of ether oxygens (including phenoxy) is 2.